The van der Waals surface area contributed by atoms with E-state index in [2.05, 4.69) is 15.3 Å². The minimum atomic E-state index is -0.224. The fourth-order valence-electron chi connectivity index (χ4n) is 1.24. The first-order valence-electron chi connectivity index (χ1n) is 5.92. The summed E-state index contributed by atoms with van der Waals surface area (Å²) >= 11 is 1.36. The van der Waals surface area contributed by atoms with E-state index in [0.29, 0.717) is 6.61 Å². The van der Waals surface area contributed by atoms with Crippen LogP contribution in [0.5, 0.6) is 0 Å². The van der Waals surface area contributed by atoms with E-state index in [1.807, 2.05) is 27.0 Å². The fourth-order valence-corrected chi connectivity index (χ4v) is 1.94. The molecule has 1 aromatic rings. The Labute approximate surface area is 112 Å². The van der Waals surface area contributed by atoms with E-state index in [1.54, 1.807) is 6.92 Å². The van der Waals surface area contributed by atoms with E-state index in [-0.39, 0.29) is 17.6 Å². The van der Waals surface area contributed by atoms with Crippen molar-refractivity contribution in [3.05, 3.63) is 11.9 Å². The Morgan fingerprint density at radius 1 is 1.50 bits per heavy atom. The standard InChI is InChI=1S/C12H19N3O2S/c1-5-17-11(16)7-18-10-6-9(13-4)14-12(15-10)8(2)3/h6,8H,5,7H2,1-4H3,(H,13,14,15). The quantitative estimate of drug-likeness (QED) is 0.485. The van der Waals surface area contributed by atoms with Gasteiger partial charge >= 0.3 is 5.97 Å². The highest BCUT2D eigenvalue weighted by atomic mass is 32.2. The molecule has 1 N–H and O–H groups in total. The van der Waals surface area contributed by atoms with Crippen LogP contribution in [-0.2, 0) is 9.53 Å². The molecule has 0 atom stereocenters. The highest BCUT2D eigenvalue weighted by Crippen LogP contribution is 2.21. The second kappa shape index (κ2) is 7.20. The van der Waals surface area contributed by atoms with E-state index >= 15 is 0 Å². The zero-order chi connectivity index (χ0) is 13.5. The van der Waals surface area contributed by atoms with Crippen LogP contribution >= 0.6 is 11.8 Å². The molecule has 0 aromatic carbocycles. The van der Waals surface area contributed by atoms with Crippen LogP contribution in [0.3, 0.4) is 0 Å². The van der Waals surface area contributed by atoms with Gasteiger partial charge in [0.2, 0.25) is 0 Å². The van der Waals surface area contributed by atoms with E-state index in [4.69, 9.17) is 4.74 Å². The summed E-state index contributed by atoms with van der Waals surface area (Å²) < 4.78 is 4.88. The fraction of sp³-hybridized carbons (Fsp3) is 0.583. The van der Waals surface area contributed by atoms with Gasteiger partial charge in [0.1, 0.15) is 16.7 Å². The number of aromatic nitrogens is 2. The van der Waals surface area contributed by atoms with Crippen molar-refractivity contribution in [2.24, 2.45) is 0 Å². The van der Waals surface area contributed by atoms with E-state index in [0.717, 1.165) is 16.7 Å². The second-order valence-corrected chi connectivity index (χ2v) is 4.94. The van der Waals surface area contributed by atoms with Crippen molar-refractivity contribution in [2.45, 2.75) is 31.7 Å². The molecule has 1 aromatic heterocycles. The number of rotatable bonds is 6. The van der Waals surface area contributed by atoms with Crippen LogP contribution in [0.4, 0.5) is 5.82 Å². The number of nitrogens with one attached hydrogen (secondary N) is 1. The van der Waals surface area contributed by atoms with Gasteiger partial charge in [-0.05, 0) is 6.92 Å². The van der Waals surface area contributed by atoms with Crippen molar-refractivity contribution < 1.29 is 9.53 Å². The van der Waals surface area contributed by atoms with Gasteiger partial charge in [-0.1, -0.05) is 25.6 Å². The molecular formula is C12H19N3O2S. The van der Waals surface area contributed by atoms with E-state index in [9.17, 15) is 4.79 Å². The molecule has 6 heteroatoms. The molecular weight excluding hydrogens is 250 g/mol. The van der Waals surface area contributed by atoms with Gasteiger partial charge in [0, 0.05) is 19.0 Å². The predicted molar refractivity (Wildman–Crippen MR) is 73.0 cm³/mol. The van der Waals surface area contributed by atoms with Crippen molar-refractivity contribution >= 4 is 23.5 Å². The number of thioether (sulfide) groups is 1. The van der Waals surface area contributed by atoms with Gasteiger partial charge in [0.25, 0.3) is 0 Å². The Bertz CT molecular complexity index is 410. The smallest absolute Gasteiger partial charge is 0.316 e. The second-order valence-electron chi connectivity index (χ2n) is 3.95. The first-order valence-corrected chi connectivity index (χ1v) is 6.90. The Morgan fingerprint density at radius 3 is 2.78 bits per heavy atom. The number of nitrogens with zero attached hydrogens (tertiary/aromatic N) is 2. The SMILES string of the molecule is CCOC(=O)CSc1cc(NC)nc(C(C)C)n1. The molecule has 0 saturated heterocycles. The van der Waals surface area contributed by atoms with Crippen LogP contribution in [0.1, 0.15) is 32.5 Å². The molecule has 100 valence electrons. The lowest BCUT2D eigenvalue weighted by Crippen LogP contribution is -2.08. The normalized spacial score (nSPS) is 10.5. The summed E-state index contributed by atoms with van der Waals surface area (Å²) in [6, 6.07) is 1.83. The third-order valence-corrected chi connectivity index (χ3v) is 3.02. The Morgan fingerprint density at radius 2 is 2.22 bits per heavy atom. The number of carbonyl (C=O) groups is 1. The van der Waals surface area contributed by atoms with Crippen LogP contribution in [0.25, 0.3) is 0 Å². The third-order valence-electron chi connectivity index (χ3n) is 2.14. The van der Waals surface area contributed by atoms with Gasteiger partial charge in [0.05, 0.1) is 12.4 Å². The minimum absolute atomic E-state index is 0.224. The summed E-state index contributed by atoms with van der Waals surface area (Å²) in [5, 5.41) is 3.78. The number of anilines is 1. The summed E-state index contributed by atoms with van der Waals surface area (Å²) in [7, 11) is 1.81. The molecule has 0 unspecified atom stereocenters. The maximum Gasteiger partial charge on any atom is 0.316 e. The largest absolute Gasteiger partial charge is 0.465 e. The summed E-state index contributed by atoms with van der Waals surface area (Å²) in [5.41, 5.74) is 0. The molecule has 5 nitrogen and oxygen atoms in total. The van der Waals surface area contributed by atoms with Crippen LogP contribution < -0.4 is 5.32 Å². The molecule has 18 heavy (non-hydrogen) atoms. The Kier molecular flexibility index (Phi) is 5.91. The Balaban J connectivity index is 2.75. The molecule has 0 aliphatic carbocycles. The molecule has 0 bridgehead atoms. The first-order chi connectivity index (χ1) is 8.56. The van der Waals surface area contributed by atoms with Crippen LogP contribution in [-0.4, -0.2) is 35.3 Å². The van der Waals surface area contributed by atoms with Crippen molar-refractivity contribution in [3.8, 4) is 0 Å². The van der Waals surface area contributed by atoms with Gasteiger partial charge in [-0.2, -0.15) is 0 Å². The summed E-state index contributed by atoms with van der Waals surface area (Å²) in [6.45, 7) is 6.27. The lowest BCUT2D eigenvalue weighted by molar-refractivity contribution is -0.139. The number of carbonyl (C=O) groups excluding carboxylic acids is 1. The lowest BCUT2D eigenvalue weighted by Gasteiger charge is -2.09. The average molecular weight is 269 g/mol. The molecule has 0 saturated carbocycles. The Hall–Kier alpha value is -1.30. The highest BCUT2D eigenvalue weighted by Gasteiger charge is 2.10. The molecule has 1 rings (SSSR count). The number of ether oxygens (including phenoxy) is 1. The number of hydrogen-bond acceptors (Lipinski definition) is 6. The molecule has 1 heterocycles. The zero-order valence-electron chi connectivity index (χ0n) is 11.2. The first kappa shape index (κ1) is 14.8. The van der Waals surface area contributed by atoms with E-state index in [1.165, 1.54) is 11.8 Å². The predicted octanol–water partition coefficient (Wildman–Crippen LogP) is 2.30. The summed E-state index contributed by atoms with van der Waals surface area (Å²) in [4.78, 5) is 20.1. The average Bonchev–Trinajstić information content (AvgIpc) is 2.36. The van der Waals surface area contributed by atoms with E-state index < -0.39 is 0 Å². The molecule has 0 amide bonds. The molecule has 0 aliphatic rings. The maximum absolute atomic E-state index is 11.3. The summed E-state index contributed by atoms with van der Waals surface area (Å²) in [5.74, 6) is 1.83. The minimum Gasteiger partial charge on any atom is -0.465 e. The lowest BCUT2D eigenvalue weighted by atomic mass is 10.2. The van der Waals surface area contributed by atoms with Crippen LogP contribution in [0.2, 0.25) is 0 Å². The maximum atomic E-state index is 11.3. The van der Waals surface area contributed by atoms with Crippen molar-refractivity contribution in [1.29, 1.82) is 0 Å². The monoisotopic (exact) mass is 269 g/mol. The van der Waals surface area contributed by atoms with Gasteiger partial charge in [0.15, 0.2) is 0 Å². The van der Waals surface area contributed by atoms with Gasteiger partial charge in [-0.25, -0.2) is 9.97 Å². The van der Waals surface area contributed by atoms with Crippen molar-refractivity contribution in [3.63, 3.8) is 0 Å². The third kappa shape index (κ3) is 4.52. The van der Waals surface area contributed by atoms with Crippen LogP contribution in [0, 0.1) is 0 Å². The molecule has 0 radical (unpaired) electrons. The topological polar surface area (TPSA) is 64.1 Å². The molecule has 0 aliphatic heterocycles. The van der Waals surface area contributed by atoms with Gasteiger partial charge in [-0.15, -0.1) is 0 Å². The van der Waals surface area contributed by atoms with Gasteiger partial charge < -0.3 is 10.1 Å². The van der Waals surface area contributed by atoms with Crippen molar-refractivity contribution in [1.82, 2.24) is 9.97 Å². The highest BCUT2D eigenvalue weighted by molar-refractivity contribution is 7.99. The molecule has 0 spiro atoms. The zero-order valence-corrected chi connectivity index (χ0v) is 12.0. The number of esters is 1. The molecule has 0 fully saturated rings. The van der Waals surface area contributed by atoms with Gasteiger partial charge in [-0.3, -0.25) is 4.79 Å². The number of hydrogen-bond donors (Lipinski definition) is 1. The van der Waals surface area contributed by atoms with Crippen LogP contribution in [0.15, 0.2) is 11.1 Å². The summed E-state index contributed by atoms with van der Waals surface area (Å²) in [6.07, 6.45) is 0. The van der Waals surface area contributed by atoms with Crippen molar-refractivity contribution in [2.75, 3.05) is 24.7 Å².